The van der Waals surface area contributed by atoms with Gasteiger partial charge >= 0.3 is 0 Å². The van der Waals surface area contributed by atoms with E-state index in [0.29, 0.717) is 12.1 Å². The topological polar surface area (TPSA) is 48.9 Å². The summed E-state index contributed by atoms with van der Waals surface area (Å²) in [5.41, 5.74) is 0. The third-order valence-corrected chi connectivity index (χ3v) is 3.61. The number of guanidine groups is 1. The molecule has 0 aromatic carbocycles. The van der Waals surface area contributed by atoms with E-state index in [9.17, 15) is 0 Å². The Bertz CT molecular complexity index is 278. The first-order valence-electron chi connectivity index (χ1n) is 8.80. The predicted octanol–water partition coefficient (Wildman–Crippen LogP) is 3.10. The molecule has 0 atom stereocenters. The van der Waals surface area contributed by atoms with E-state index in [1.54, 1.807) is 0 Å². The van der Waals surface area contributed by atoms with Crippen LogP contribution in [0.25, 0.3) is 0 Å². The highest BCUT2D eigenvalue weighted by molar-refractivity contribution is 14.0. The van der Waals surface area contributed by atoms with Gasteiger partial charge in [-0.2, -0.15) is 0 Å². The summed E-state index contributed by atoms with van der Waals surface area (Å²) in [6.07, 6.45) is 3.35. The number of nitrogens with one attached hydrogen (secondary N) is 2. The molecule has 2 N–H and O–H groups in total. The molecule has 0 radical (unpaired) electrons. The molecule has 0 aliphatic rings. The van der Waals surface area contributed by atoms with Gasteiger partial charge in [0.05, 0.1) is 0 Å². The second kappa shape index (κ2) is 16.8. The van der Waals surface area contributed by atoms with E-state index in [2.05, 4.69) is 55.1 Å². The van der Waals surface area contributed by atoms with E-state index < -0.39 is 0 Å². The molecule has 0 bridgehead atoms. The molecule has 0 aromatic rings. The minimum atomic E-state index is 0. The Morgan fingerprint density at radius 2 is 1.57 bits per heavy atom. The van der Waals surface area contributed by atoms with Crippen LogP contribution in [0.2, 0.25) is 0 Å². The van der Waals surface area contributed by atoms with Crippen LogP contribution in [-0.4, -0.2) is 62.8 Å². The standard InChI is InChI=1S/C17H38N4O.HI/c1-7-8-13-22-14-9-10-19-17(18-6)20-11-12-21(15(2)3)16(4)5;/h15-16H,7-14H2,1-6H3,(H2,18,19,20);1H. The SMILES string of the molecule is CCCCOCCCNC(=NC)NCCN(C(C)C)C(C)C.I. The Morgan fingerprint density at radius 3 is 2.09 bits per heavy atom. The molecule has 0 aliphatic carbocycles. The molecule has 0 aliphatic heterocycles. The van der Waals surface area contributed by atoms with Crippen molar-refractivity contribution in [3.05, 3.63) is 0 Å². The minimum absolute atomic E-state index is 0. The minimum Gasteiger partial charge on any atom is -0.381 e. The smallest absolute Gasteiger partial charge is 0.191 e. The summed E-state index contributed by atoms with van der Waals surface area (Å²) in [5, 5.41) is 6.71. The maximum Gasteiger partial charge on any atom is 0.191 e. The van der Waals surface area contributed by atoms with Crippen molar-refractivity contribution >= 4 is 29.9 Å². The number of ether oxygens (including phenoxy) is 1. The first kappa shape index (κ1) is 25.2. The van der Waals surface area contributed by atoms with Gasteiger partial charge in [-0.25, -0.2) is 0 Å². The van der Waals surface area contributed by atoms with Gasteiger partial charge in [0.1, 0.15) is 0 Å². The van der Waals surface area contributed by atoms with Crippen molar-refractivity contribution in [2.45, 2.75) is 66.0 Å². The van der Waals surface area contributed by atoms with Crippen LogP contribution in [0.3, 0.4) is 0 Å². The fourth-order valence-corrected chi connectivity index (χ4v) is 2.37. The monoisotopic (exact) mass is 442 g/mol. The summed E-state index contributed by atoms with van der Waals surface area (Å²) in [5.74, 6) is 0.876. The highest BCUT2D eigenvalue weighted by Crippen LogP contribution is 2.03. The van der Waals surface area contributed by atoms with Gasteiger partial charge in [-0.1, -0.05) is 13.3 Å². The molecule has 0 amide bonds. The largest absolute Gasteiger partial charge is 0.381 e. The summed E-state index contributed by atoms with van der Waals surface area (Å²) >= 11 is 0. The van der Waals surface area contributed by atoms with Crippen molar-refractivity contribution in [1.29, 1.82) is 0 Å². The predicted molar refractivity (Wildman–Crippen MR) is 112 cm³/mol. The molecule has 5 nitrogen and oxygen atoms in total. The number of hydrogen-bond acceptors (Lipinski definition) is 3. The molecular weight excluding hydrogens is 403 g/mol. The fourth-order valence-electron chi connectivity index (χ4n) is 2.37. The van der Waals surface area contributed by atoms with Gasteiger partial charge < -0.3 is 15.4 Å². The zero-order chi connectivity index (χ0) is 16.8. The molecule has 0 saturated carbocycles. The molecule has 0 heterocycles. The van der Waals surface area contributed by atoms with Crippen LogP contribution in [0.1, 0.15) is 53.9 Å². The molecule has 140 valence electrons. The zero-order valence-electron chi connectivity index (χ0n) is 16.0. The van der Waals surface area contributed by atoms with Gasteiger partial charge in [-0.05, 0) is 40.5 Å². The van der Waals surface area contributed by atoms with Gasteiger partial charge in [0.15, 0.2) is 5.96 Å². The summed E-state index contributed by atoms with van der Waals surface area (Å²) in [7, 11) is 1.82. The molecule has 6 heteroatoms. The third kappa shape index (κ3) is 14.0. The highest BCUT2D eigenvalue weighted by atomic mass is 127. The Labute approximate surface area is 161 Å². The van der Waals surface area contributed by atoms with Gasteiger partial charge in [-0.3, -0.25) is 9.89 Å². The maximum atomic E-state index is 5.55. The highest BCUT2D eigenvalue weighted by Gasteiger charge is 2.12. The average molecular weight is 442 g/mol. The average Bonchev–Trinajstić information content (AvgIpc) is 2.47. The fraction of sp³-hybridized carbons (Fsp3) is 0.941. The van der Waals surface area contributed by atoms with Crippen molar-refractivity contribution in [3.63, 3.8) is 0 Å². The molecule has 0 saturated heterocycles. The van der Waals surface area contributed by atoms with Crippen molar-refractivity contribution in [2.24, 2.45) is 4.99 Å². The molecule has 0 spiro atoms. The molecule has 0 fully saturated rings. The van der Waals surface area contributed by atoms with E-state index in [0.717, 1.165) is 51.6 Å². The summed E-state index contributed by atoms with van der Waals surface area (Å²) < 4.78 is 5.55. The van der Waals surface area contributed by atoms with Crippen molar-refractivity contribution in [3.8, 4) is 0 Å². The number of unbranched alkanes of at least 4 members (excludes halogenated alkanes) is 1. The zero-order valence-corrected chi connectivity index (χ0v) is 18.4. The lowest BCUT2D eigenvalue weighted by Gasteiger charge is -2.30. The molecule has 0 rings (SSSR count). The molecule has 0 aromatic heterocycles. The normalized spacial score (nSPS) is 12.0. The van der Waals surface area contributed by atoms with Crippen molar-refractivity contribution < 1.29 is 4.74 Å². The quantitative estimate of drug-likeness (QED) is 0.211. The first-order chi connectivity index (χ1) is 10.5. The summed E-state index contributed by atoms with van der Waals surface area (Å²) in [6.45, 7) is 15.7. The molecule has 0 unspecified atom stereocenters. The summed E-state index contributed by atoms with van der Waals surface area (Å²) in [4.78, 5) is 6.73. The van der Waals surface area contributed by atoms with Crippen LogP contribution in [0, 0.1) is 0 Å². The van der Waals surface area contributed by atoms with Crippen molar-refractivity contribution in [1.82, 2.24) is 15.5 Å². The van der Waals surface area contributed by atoms with Gasteiger partial charge in [0, 0.05) is 52.0 Å². The Kier molecular flexibility index (Phi) is 18.3. The van der Waals surface area contributed by atoms with E-state index in [1.807, 2.05) is 7.05 Å². The van der Waals surface area contributed by atoms with E-state index >= 15 is 0 Å². The van der Waals surface area contributed by atoms with Crippen LogP contribution in [-0.2, 0) is 4.74 Å². The van der Waals surface area contributed by atoms with Crippen LogP contribution in [0.5, 0.6) is 0 Å². The first-order valence-corrected chi connectivity index (χ1v) is 8.80. The number of nitrogens with zero attached hydrogens (tertiary/aromatic N) is 2. The van der Waals surface area contributed by atoms with Gasteiger partial charge in [0.25, 0.3) is 0 Å². The van der Waals surface area contributed by atoms with Crippen LogP contribution in [0.15, 0.2) is 4.99 Å². The van der Waals surface area contributed by atoms with E-state index in [1.165, 1.54) is 6.42 Å². The van der Waals surface area contributed by atoms with Crippen LogP contribution in [0.4, 0.5) is 0 Å². The van der Waals surface area contributed by atoms with Crippen LogP contribution < -0.4 is 10.6 Å². The lowest BCUT2D eigenvalue weighted by Crippen LogP contribution is -2.45. The number of aliphatic imine (C=N–C) groups is 1. The Morgan fingerprint density at radius 1 is 1.00 bits per heavy atom. The number of hydrogen-bond donors (Lipinski definition) is 2. The lowest BCUT2D eigenvalue weighted by molar-refractivity contribution is 0.129. The Hall–Kier alpha value is -0.0800. The number of rotatable bonds is 12. The van der Waals surface area contributed by atoms with Crippen LogP contribution >= 0.6 is 24.0 Å². The van der Waals surface area contributed by atoms with E-state index in [4.69, 9.17) is 4.74 Å². The summed E-state index contributed by atoms with van der Waals surface area (Å²) in [6, 6.07) is 1.13. The Balaban J connectivity index is 0. The van der Waals surface area contributed by atoms with Gasteiger partial charge in [-0.15, -0.1) is 24.0 Å². The van der Waals surface area contributed by atoms with E-state index in [-0.39, 0.29) is 24.0 Å². The second-order valence-corrected chi connectivity index (χ2v) is 6.17. The second-order valence-electron chi connectivity index (χ2n) is 6.17. The third-order valence-electron chi connectivity index (χ3n) is 3.61. The molecular formula is C17H39IN4O. The number of halogens is 1. The lowest BCUT2D eigenvalue weighted by atomic mass is 10.2. The molecule has 23 heavy (non-hydrogen) atoms. The maximum absolute atomic E-state index is 5.55. The van der Waals surface area contributed by atoms with Crippen molar-refractivity contribution in [2.75, 3.05) is 39.9 Å². The van der Waals surface area contributed by atoms with Gasteiger partial charge in [0.2, 0.25) is 0 Å².